The van der Waals surface area contributed by atoms with Gasteiger partial charge in [0.25, 0.3) is 5.91 Å². The Morgan fingerprint density at radius 2 is 2.00 bits per heavy atom. The fraction of sp³-hybridized carbons (Fsp3) is 0.143. The van der Waals surface area contributed by atoms with Crippen molar-refractivity contribution < 1.29 is 13.7 Å². The van der Waals surface area contributed by atoms with Gasteiger partial charge in [-0.25, -0.2) is 9.97 Å². The van der Waals surface area contributed by atoms with Crippen LogP contribution in [-0.2, 0) is 0 Å². The van der Waals surface area contributed by atoms with Crippen LogP contribution in [0.4, 0.5) is 11.6 Å². The Morgan fingerprint density at radius 1 is 1.23 bits per heavy atom. The quantitative estimate of drug-likeness (QED) is 0.787. The fourth-order valence-corrected chi connectivity index (χ4v) is 1.73. The standard InChI is InChI=1S/C14H13N5O3/c1-19(2)14-15-7-9(8-16-14)17-13(20)10-6-12(22-18-10)11-4-3-5-21-11/h3-8H,1-2H3,(H,17,20). The Balaban J connectivity index is 1.72. The minimum Gasteiger partial charge on any atom is -0.461 e. The van der Waals surface area contributed by atoms with Gasteiger partial charge < -0.3 is 19.2 Å². The molecule has 0 atom stereocenters. The third-order valence-electron chi connectivity index (χ3n) is 2.80. The van der Waals surface area contributed by atoms with Crippen molar-refractivity contribution in [3.8, 4) is 11.5 Å². The molecule has 0 aliphatic carbocycles. The topological polar surface area (TPSA) is 97.3 Å². The number of hydrogen-bond acceptors (Lipinski definition) is 7. The molecular weight excluding hydrogens is 286 g/mol. The van der Waals surface area contributed by atoms with Gasteiger partial charge in [0.15, 0.2) is 11.5 Å². The highest BCUT2D eigenvalue weighted by atomic mass is 16.5. The molecule has 0 fully saturated rings. The number of carbonyl (C=O) groups is 1. The van der Waals surface area contributed by atoms with Crippen LogP contribution in [0.25, 0.3) is 11.5 Å². The van der Waals surface area contributed by atoms with Gasteiger partial charge in [-0.2, -0.15) is 0 Å². The van der Waals surface area contributed by atoms with Crippen LogP contribution in [0.2, 0.25) is 0 Å². The van der Waals surface area contributed by atoms with Crippen molar-refractivity contribution in [3.63, 3.8) is 0 Å². The van der Waals surface area contributed by atoms with Crippen LogP contribution in [0.1, 0.15) is 10.5 Å². The molecule has 0 spiro atoms. The van der Waals surface area contributed by atoms with Gasteiger partial charge >= 0.3 is 0 Å². The van der Waals surface area contributed by atoms with Gasteiger partial charge in [0.2, 0.25) is 11.7 Å². The molecule has 1 N–H and O–H groups in total. The predicted molar refractivity (Wildman–Crippen MR) is 78.5 cm³/mol. The molecule has 112 valence electrons. The zero-order valence-electron chi connectivity index (χ0n) is 12.0. The highest BCUT2D eigenvalue weighted by Gasteiger charge is 2.15. The van der Waals surface area contributed by atoms with E-state index in [0.717, 1.165) is 0 Å². The zero-order chi connectivity index (χ0) is 15.5. The van der Waals surface area contributed by atoms with E-state index in [4.69, 9.17) is 8.94 Å². The molecule has 22 heavy (non-hydrogen) atoms. The molecule has 0 saturated carbocycles. The molecule has 3 aromatic rings. The van der Waals surface area contributed by atoms with Gasteiger partial charge in [-0.3, -0.25) is 4.79 Å². The largest absolute Gasteiger partial charge is 0.461 e. The lowest BCUT2D eigenvalue weighted by atomic mass is 10.3. The lowest BCUT2D eigenvalue weighted by Crippen LogP contribution is -2.15. The van der Waals surface area contributed by atoms with Crippen molar-refractivity contribution in [1.29, 1.82) is 0 Å². The number of amides is 1. The molecule has 3 rings (SSSR count). The summed E-state index contributed by atoms with van der Waals surface area (Å²) >= 11 is 0. The molecule has 0 radical (unpaired) electrons. The molecule has 3 heterocycles. The van der Waals surface area contributed by atoms with Gasteiger partial charge in [-0.15, -0.1) is 0 Å². The van der Waals surface area contributed by atoms with E-state index in [1.165, 1.54) is 24.7 Å². The summed E-state index contributed by atoms with van der Waals surface area (Å²) in [6.45, 7) is 0. The minimum absolute atomic E-state index is 0.142. The van der Waals surface area contributed by atoms with E-state index < -0.39 is 5.91 Å². The first-order valence-electron chi connectivity index (χ1n) is 6.45. The molecule has 3 aromatic heterocycles. The second-order valence-corrected chi connectivity index (χ2v) is 4.67. The number of hydrogen-bond donors (Lipinski definition) is 1. The van der Waals surface area contributed by atoms with Crippen molar-refractivity contribution >= 4 is 17.5 Å². The number of carbonyl (C=O) groups excluding carboxylic acids is 1. The van der Waals surface area contributed by atoms with Gasteiger partial charge in [0, 0.05) is 20.2 Å². The Kier molecular flexibility index (Phi) is 3.57. The second kappa shape index (κ2) is 5.68. The average molecular weight is 299 g/mol. The van der Waals surface area contributed by atoms with E-state index in [0.29, 0.717) is 23.2 Å². The van der Waals surface area contributed by atoms with Gasteiger partial charge in [0.1, 0.15) is 0 Å². The molecule has 1 amide bonds. The highest BCUT2D eigenvalue weighted by Crippen LogP contribution is 2.21. The summed E-state index contributed by atoms with van der Waals surface area (Å²) in [5, 5.41) is 6.37. The first kappa shape index (κ1) is 13.8. The molecule has 0 saturated heterocycles. The number of rotatable bonds is 4. The summed E-state index contributed by atoms with van der Waals surface area (Å²) in [5.41, 5.74) is 0.612. The summed E-state index contributed by atoms with van der Waals surface area (Å²) in [4.78, 5) is 22.1. The number of furan rings is 1. The maximum atomic E-state index is 12.1. The summed E-state index contributed by atoms with van der Waals surface area (Å²) in [6.07, 6.45) is 4.56. The molecule has 8 nitrogen and oxygen atoms in total. The summed E-state index contributed by atoms with van der Waals surface area (Å²) in [7, 11) is 3.66. The molecule has 0 aromatic carbocycles. The lowest BCUT2D eigenvalue weighted by molar-refractivity contribution is 0.101. The van der Waals surface area contributed by atoms with Crippen LogP contribution in [0.5, 0.6) is 0 Å². The third-order valence-corrected chi connectivity index (χ3v) is 2.80. The third kappa shape index (κ3) is 2.80. The smallest absolute Gasteiger partial charge is 0.277 e. The van der Waals surface area contributed by atoms with Gasteiger partial charge in [-0.05, 0) is 12.1 Å². The summed E-state index contributed by atoms with van der Waals surface area (Å²) in [5.74, 6) is 1.03. The second-order valence-electron chi connectivity index (χ2n) is 4.67. The number of nitrogens with one attached hydrogen (secondary N) is 1. The van der Waals surface area contributed by atoms with Gasteiger partial charge in [0.05, 0.1) is 24.3 Å². The van der Waals surface area contributed by atoms with Crippen molar-refractivity contribution in [2.45, 2.75) is 0 Å². The van der Waals surface area contributed by atoms with Crippen LogP contribution in [-0.4, -0.2) is 35.1 Å². The Labute approximate surface area is 125 Å². The van der Waals surface area contributed by atoms with E-state index >= 15 is 0 Å². The number of aromatic nitrogens is 3. The van der Waals surface area contributed by atoms with E-state index in [2.05, 4.69) is 20.4 Å². The van der Waals surface area contributed by atoms with E-state index in [1.807, 2.05) is 14.1 Å². The van der Waals surface area contributed by atoms with Gasteiger partial charge in [-0.1, -0.05) is 5.16 Å². The van der Waals surface area contributed by atoms with Crippen LogP contribution in [0.15, 0.2) is 45.8 Å². The first-order valence-corrected chi connectivity index (χ1v) is 6.45. The van der Waals surface area contributed by atoms with Crippen molar-refractivity contribution in [2.75, 3.05) is 24.3 Å². The predicted octanol–water partition coefficient (Wildman–Crippen LogP) is 2.04. The first-order chi connectivity index (χ1) is 10.6. The van der Waals surface area contributed by atoms with Crippen LogP contribution in [0, 0.1) is 0 Å². The number of nitrogens with zero attached hydrogens (tertiary/aromatic N) is 4. The molecule has 0 aliphatic rings. The Morgan fingerprint density at radius 3 is 2.64 bits per heavy atom. The van der Waals surface area contributed by atoms with Crippen LogP contribution < -0.4 is 10.2 Å². The molecule has 0 bridgehead atoms. The van der Waals surface area contributed by atoms with Crippen LogP contribution >= 0.6 is 0 Å². The Bertz CT molecular complexity index is 762. The van der Waals surface area contributed by atoms with E-state index in [1.54, 1.807) is 17.0 Å². The van der Waals surface area contributed by atoms with Crippen molar-refractivity contribution in [3.05, 3.63) is 42.5 Å². The lowest BCUT2D eigenvalue weighted by Gasteiger charge is -2.09. The normalized spacial score (nSPS) is 10.5. The number of anilines is 2. The molecule has 0 unspecified atom stereocenters. The van der Waals surface area contributed by atoms with E-state index in [9.17, 15) is 4.79 Å². The fourth-order valence-electron chi connectivity index (χ4n) is 1.73. The summed E-state index contributed by atoms with van der Waals surface area (Å²) in [6, 6.07) is 4.94. The maximum Gasteiger partial charge on any atom is 0.277 e. The maximum absolute atomic E-state index is 12.1. The average Bonchev–Trinajstić information content (AvgIpc) is 3.19. The van der Waals surface area contributed by atoms with Crippen molar-refractivity contribution in [2.24, 2.45) is 0 Å². The molecule has 0 aliphatic heterocycles. The van der Waals surface area contributed by atoms with Crippen LogP contribution in [0.3, 0.4) is 0 Å². The molecule has 8 heteroatoms. The highest BCUT2D eigenvalue weighted by molar-refractivity contribution is 6.03. The summed E-state index contributed by atoms with van der Waals surface area (Å²) < 4.78 is 10.3. The zero-order valence-corrected chi connectivity index (χ0v) is 12.0. The Hall–Kier alpha value is -3.16. The van der Waals surface area contributed by atoms with E-state index in [-0.39, 0.29) is 5.69 Å². The monoisotopic (exact) mass is 299 g/mol. The molecular formula is C14H13N5O3. The van der Waals surface area contributed by atoms with Crippen molar-refractivity contribution in [1.82, 2.24) is 15.1 Å². The minimum atomic E-state index is -0.414. The SMILES string of the molecule is CN(C)c1ncc(NC(=O)c2cc(-c3ccco3)on2)cn1.